The van der Waals surface area contributed by atoms with Gasteiger partial charge in [-0.3, -0.25) is 4.98 Å². The predicted molar refractivity (Wildman–Crippen MR) is 125 cm³/mol. The molecule has 0 fully saturated rings. The Kier molecular flexibility index (Phi) is 6.95. The summed E-state index contributed by atoms with van der Waals surface area (Å²) in [5.74, 6) is -1.94. The molecule has 0 radical (unpaired) electrons. The second kappa shape index (κ2) is 9.93. The first-order chi connectivity index (χ1) is 16.7. The number of aromatic nitrogens is 2. The van der Waals surface area contributed by atoms with E-state index in [4.69, 9.17) is 4.74 Å². The van der Waals surface area contributed by atoms with Crippen molar-refractivity contribution in [1.29, 1.82) is 0 Å². The van der Waals surface area contributed by atoms with Gasteiger partial charge in [-0.15, -0.1) is 0 Å². The molecular weight excluding hydrogens is 479 g/mol. The van der Waals surface area contributed by atoms with Crippen LogP contribution in [0.25, 0.3) is 11.3 Å². The van der Waals surface area contributed by atoms with E-state index in [0.717, 1.165) is 28.2 Å². The molecule has 2 aromatic heterocycles. The van der Waals surface area contributed by atoms with Crippen LogP contribution in [0.15, 0.2) is 78.1 Å². The molecule has 182 valence electrons. The molecule has 0 aliphatic rings. The van der Waals surface area contributed by atoms with Gasteiger partial charge in [-0.1, -0.05) is 0 Å². The minimum atomic E-state index is -4.05. The number of ether oxygens (including phenoxy) is 1. The Balaban J connectivity index is 1.71. The molecule has 0 amide bonds. The molecule has 1 atom stereocenters. The van der Waals surface area contributed by atoms with Crippen molar-refractivity contribution < 1.29 is 26.3 Å². The lowest BCUT2D eigenvalue weighted by atomic mass is 10.1. The minimum Gasteiger partial charge on any atom is -0.486 e. The van der Waals surface area contributed by atoms with E-state index >= 15 is 4.39 Å². The molecule has 4 rings (SSSR count). The number of hydrogen-bond donors (Lipinski definition) is 1. The van der Waals surface area contributed by atoms with Crippen molar-refractivity contribution in [3.05, 3.63) is 102 Å². The summed E-state index contributed by atoms with van der Waals surface area (Å²) in [5.41, 5.74) is 0.761. The van der Waals surface area contributed by atoms with Gasteiger partial charge in [0.25, 0.3) is 10.0 Å². The van der Waals surface area contributed by atoms with Crippen molar-refractivity contribution in [2.24, 2.45) is 0 Å². The zero-order valence-corrected chi connectivity index (χ0v) is 19.7. The zero-order chi connectivity index (χ0) is 25.2. The molecule has 0 saturated carbocycles. The van der Waals surface area contributed by atoms with Gasteiger partial charge in [-0.05, 0) is 68.1 Å². The molecule has 1 unspecified atom stereocenters. The Bertz CT molecular complexity index is 1460. The number of benzene rings is 2. The highest BCUT2D eigenvalue weighted by molar-refractivity contribution is 7.90. The highest BCUT2D eigenvalue weighted by Crippen LogP contribution is 2.32. The number of pyridine rings is 1. The fourth-order valence-electron chi connectivity index (χ4n) is 3.68. The third-order valence-electron chi connectivity index (χ3n) is 5.34. The third-order valence-corrected chi connectivity index (χ3v) is 7.00. The molecule has 35 heavy (non-hydrogen) atoms. The van der Waals surface area contributed by atoms with Crippen LogP contribution < -0.4 is 10.1 Å². The smallest absolute Gasteiger partial charge is 0.269 e. The summed E-state index contributed by atoms with van der Waals surface area (Å²) >= 11 is 0. The van der Waals surface area contributed by atoms with Crippen LogP contribution in [-0.2, 0) is 16.6 Å². The third kappa shape index (κ3) is 5.08. The van der Waals surface area contributed by atoms with E-state index in [0.29, 0.717) is 12.1 Å². The maximum atomic E-state index is 15.2. The molecule has 6 nitrogen and oxygen atoms in total. The van der Waals surface area contributed by atoms with Crippen molar-refractivity contribution in [3.63, 3.8) is 0 Å². The van der Waals surface area contributed by atoms with Crippen LogP contribution in [0.4, 0.5) is 13.2 Å². The van der Waals surface area contributed by atoms with E-state index in [1.54, 1.807) is 13.1 Å². The first kappa shape index (κ1) is 24.5. The summed E-state index contributed by atoms with van der Waals surface area (Å²) in [6.07, 6.45) is 3.20. The summed E-state index contributed by atoms with van der Waals surface area (Å²) in [6, 6.07) is 11.4. The molecule has 10 heteroatoms. The fraction of sp³-hybridized carbons (Fsp3) is 0.160. The minimum absolute atomic E-state index is 0.0115. The van der Waals surface area contributed by atoms with E-state index in [-0.39, 0.29) is 27.5 Å². The predicted octanol–water partition coefficient (Wildman–Crippen LogP) is 5.06. The van der Waals surface area contributed by atoms with Crippen LogP contribution >= 0.6 is 0 Å². The Morgan fingerprint density at radius 1 is 1.06 bits per heavy atom. The van der Waals surface area contributed by atoms with E-state index in [1.807, 2.05) is 0 Å². The van der Waals surface area contributed by atoms with E-state index < -0.39 is 33.6 Å². The second-order valence-electron chi connectivity index (χ2n) is 7.82. The van der Waals surface area contributed by atoms with E-state index in [9.17, 15) is 17.2 Å². The Morgan fingerprint density at radius 3 is 2.54 bits per heavy atom. The first-order valence-electron chi connectivity index (χ1n) is 10.6. The van der Waals surface area contributed by atoms with Gasteiger partial charge in [-0.2, -0.15) is 0 Å². The van der Waals surface area contributed by atoms with Crippen LogP contribution in [0.1, 0.15) is 24.2 Å². The largest absolute Gasteiger partial charge is 0.486 e. The maximum Gasteiger partial charge on any atom is 0.269 e. The molecule has 4 aromatic rings. The topological polar surface area (TPSA) is 73.2 Å². The monoisotopic (exact) mass is 501 g/mol. The van der Waals surface area contributed by atoms with Crippen molar-refractivity contribution in [2.45, 2.75) is 24.5 Å². The highest BCUT2D eigenvalue weighted by atomic mass is 32.2. The molecule has 0 aliphatic carbocycles. The number of halogens is 3. The SMILES string of the molecule is CNCc1cc(-c2ccc(OC(C)c3cc(F)ccc3F)cc2F)n(S(=O)(=O)c2cccnc2)c1. The lowest BCUT2D eigenvalue weighted by Crippen LogP contribution is -2.14. The summed E-state index contributed by atoms with van der Waals surface area (Å²) in [4.78, 5) is 3.83. The standard InChI is InChI=1S/C25H22F3N3O3S/c1-16(22-11-18(26)5-8-23(22)27)34-19-6-7-21(24(28)12-19)25-10-17(13-29-2)15-31(25)35(32,33)20-4-3-9-30-14-20/h3-12,14-16,29H,13H2,1-2H3. The van der Waals surface area contributed by atoms with Gasteiger partial charge in [0.2, 0.25) is 0 Å². The van der Waals surface area contributed by atoms with Gasteiger partial charge in [0.1, 0.15) is 34.2 Å². The van der Waals surface area contributed by atoms with Gasteiger partial charge >= 0.3 is 0 Å². The number of nitrogens with zero attached hydrogens (tertiary/aromatic N) is 2. The summed E-state index contributed by atoms with van der Waals surface area (Å²) in [6.45, 7) is 1.88. The van der Waals surface area contributed by atoms with Gasteiger partial charge in [0, 0.05) is 42.3 Å². The molecule has 0 aliphatic heterocycles. The van der Waals surface area contributed by atoms with Gasteiger partial charge in [0.05, 0.1) is 5.69 Å². The van der Waals surface area contributed by atoms with Crippen LogP contribution in [0.3, 0.4) is 0 Å². The maximum absolute atomic E-state index is 15.2. The van der Waals surface area contributed by atoms with Crippen LogP contribution in [0.2, 0.25) is 0 Å². The number of nitrogens with one attached hydrogen (secondary N) is 1. The number of rotatable bonds is 8. The van der Waals surface area contributed by atoms with Crippen LogP contribution in [0.5, 0.6) is 5.75 Å². The summed E-state index contributed by atoms with van der Waals surface area (Å²) in [7, 11) is -2.34. The summed E-state index contributed by atoms with van der Waals surface area (Å²) in [5, 5.41) is 2.95. The lowest BCUT2D eigenvalue weighted by molar-refractivity contribution is 0.220. The van der Waals surface area contributed by atoms with E-state index in [2.05, 4.69) is 10.3 Å². The highest BCUT2D eigenvalue weighted by Gasteiger charge is 2.24. The summed E-state index contributed by atoms with van der Waals surface area (Å²) < 4.78 is 76.0. The van der Waals surface area contributed by atoms with Crippen LogP contribution in [0, 0.1) is 17.5 Å². The van der Waals surface area contributed by atoms with Gasteiger partial charge < -0.3 is 10.1 Å². The average molecular weight is 502 g/mol. The zero-order valence-electron chi connectivity index (χ0n) is 18.9. The van der Waals surface area contributed by atoms with Crippen molar-refractivity contribution >= 4 is 10.0 Å². The van der Waals surface area contributed by atoms with Crippen molar-refractivity contribution in [1.82, 2.24) is 14.3 Å². The quantitative estimate of drug-likeness (QED) is 0.365. The molecule has 0 saturated heterocycles. The first-order valence-corrected chi connectivity index (χ1v) is 12.1. The normalized spacial score (nSPS) is 12.5. The fourth-order valence-corrected chi connectivity index (χ4v) is 5.03. The average Bonchev–Trinajstić information content (AvgIpc) is 3.26. The Morgan fingerprint density at radius 2 is 1.86 bits per heavy atom. The molecule has 2 aromatic carbocycles. The molecule has 2 heterocycles. The van der Waals surface area contributed by atoms with E-state index in [1.165, 1.54) is 49.8 Å². The molecular formula is C25H22F3N3O3S. The second-order valence-corrected chi connectivity index (χ2v) is 9.64. The van der Waals surface area contributed by atoms with Crippen LogP contribution in [-0.4, -0.2) is 24.4 Å². The Hall–Kier alpha value is -3.63. The van der Waals surface area contributed by atoms with Crippen molar-refractivity contribution in [2.75, 3.05) is 7.05 Å². The lowest BCUT2D eigenvalue weighted by Gasteiger charge is -2.17. The van der Waals surface area contributed by atoms with Gasteiger partial charge in [0.15, 0.2) is 0 Å². The van der Waals surface area contributed by atoms with Gasteiger partial charge in [-0.25, -0.2) is 25.6 Å². The number of hydrogen-bond acceptors (Lipinski definition) is 5. The molecule has 1 N–H and O–H groups in total. The molecule has 0 spiro atoms. The molecule has 0 bridgehead atoms. The van der Waals surface area contributed by atoms with Crippen molar-refractivity contribution in [3.8, 4) is 17.0 Å². The Labute approximate surface area is 201 Å².